The fourth-order valence-electron chi connectivity index (χ4n) is 2.08. The van der Waals surface area contributed by atoms with E-state index in [0.717, 1.165) is 31.7 Å². The Morgan fingerprint density at radius 3 is 2.63 bits per heavy atom. The fraction of sp³-hybridized carbons (Fsp3) is 0.538. The number of methoxy groups -OCH3 is 1. The molecule has 1 aliphatic rings. The molecule has 1 saturated heterocycles. The first kappa shape index (κ1) is 14.4. The van der Waals surface area contributed by atoms with Crippen molar-refractivity contribution in [1.82, 2.24) is 15.3 Å². The molecule has 0 amide bonds. The van der Waals surface area contributed by atoms with Crippen LogP contribution in [0, 0.1) is 0 Å². The number of halogens is 1. The number of aromatic hydroxyl groups is 1. The number of hydrogen-bond acceptors (Lipinski definition) is 5. The van der Waals surface area contributed by atoms with E-state index in [1.54, 1.807) is 12.1 Å². The monoisotopic (exact) mass is 285 g/mol. The van der Waals surface area contributed by atoms with Crippen molar-refractivity contribution >= 4 is 11.6 Å². The van der Waals surface area contributed by atoms with Crippen LogP contribution in [-0.2, 0) is 6.54 Å². The molecule has 0 aromatic heterocycles. The lowest BCUT2D eigenvalue weighted by atomic mass is 10.2. The molecule has 6 heteroatoms. The van der Waals surface area contributed by atoms with E-state index < -0.39 is 0 Å². The Bertz CT molecular complexity index is 434. The summed E-state index contributed by atoms with van der Waals surface area (Å²) in [5.74, 6) is 0.552. The number of hydrogen-bond donors (Lipinski definition) is 2. The van der Waals surface area contributed by atoms with Crippen molar-refractivity contribution in [1.29, 1.82) is 0 Å². The molecule has 1 heterocycles. The molecule has 0 aliphatic carbocycles. The molecule has 0 saturated carbocycles. The van der Waals surface area contributed by atoms with E-state index in [-0.39, 0.29) is 5.75 Å². The highest BCUT2D eigenvalue weighted by molar-refractivity contribution is 6.30. The summed E-state index contributed by atoms with van der Waals surface area (Å²) in [6, 6.07) is 3.36. The lowest BCUT2D eigenvalue weighted by molar-refractivity contribution is 0.102. The molecule has 5 nitrogen and oxygen atoms in total. The largest absolute Gasteiger partial charge is 0.504 e. The molecule has 1 fully saturated rings. The van der Waals surface area contributed by atoms with Gasteiger partial charge in [-0.2, -0.15) is 0 Å². The van der Waals surface area contributed by atoms with Gasteiger partial charge in [-0.3, -0.25) is 5.43 Å². The minimum Gasteiger partial charge on any atom is -0.504 e. The average Bonchev–Trinajstić information content (AvgIpc) is 2.41. The molecule has 1 aliphatic heterocycles. The predicted molar refractivity (Wildman–Crippen MR) is 75.6 cm³/mol. The number of rotatable bonds is 4. The summed E-state index contributed by atoms with van der Waals surface area (Å²) in [7, 11) is 3.63. The molecule has 19 heavy (non-hydrogen) atoms. The van der Waals surface area contributed by atoms with Crippen LogP contribution >= 0.6 is 11.6 Å². The van der Waals surface area contributed by atoms with Gasteiger partial charge in [0.15, 0.2) is 11.5 Å². The van der Waals surface area contributed by atoms with Crippen LogP contribution in [0.5, 0.6) is 11.5 Å². The van der Waals surface area contributed by atoms with Crippen molar-refractivity contribution < 1.29 is 9.84 Å². The minimum atomic E-state index is 0.147. The summed E-state index contributed by atoms with van der Waals surface area (Å²) < 4.78 is 5.09. The first-order chi connectivity index (χ1) is 9.10. The van der Waals surface area contributed by atoms with Crippen LogP contribution < -0.4 is 10.2 Å². The summed E-state index contributed by atoms with van der Waals surface area (Å²) in [4.78, 5) is 2.29. The highest BCUT2D eigenvalue weighted by Gasteiger charge is 2.15. The Hall–Kier alpha value is -1.01. The number of nitrogens with one attached hydrogen (secondary N) is 1. The summed E-state index contributed by atoms with van der Waals surface area (Å²) in [5.41, 5.74) is 4.05. The third kappa shape index (κ3) is 3.73. The molecule has 2 N–H and O–H groups in total. The van der Waals surface area contributed by atoms with Crippen molar-refractivity contribution in [2.24, 2.45) is 0 Å². The standard InChI is InChI=1S/C13H20ClN3O2/c1-16-3-5-17(6-4-16)15-9-10-7-11(14)8-12(19-2)13(10)18/h7-8,15,18H,3-6,9H2,1-2H3. The minimum absolute atomic E-state index is 0.147. The van der Waals surface area contributed by atoms with Crippen LogP contribution in [0.25, 0.3) is 0 Å². The van der Waals surface area contributed by atoms with Gasteiger partial charge in [0.2, 0.25) is 0 Å². The molecule has 2 rings (SSSR count). The van der Waals surface area contributed by atoms with E-state index in [1.807, 2.05) is 0 Å². The number of ether oxygens (including phenoxy) is 1. The predicted octanol–water partition coefficient (Wildman–Crippen LogP) is 1.31. The number of piperazine rings is 1. The zero-order valence-corrected chi connectivity index (χ0v) is 12.1. The van der Waals surface area contributed by atoms with Crippen molar-refractivity contribution in [3.63, 3.8) is 0 Å². The van der Waals surface area contributed by atoms with Gasteiger partial charge in [0.05, 0.1) is 7.11 Å². The smallest absolute Gasteiger partial charge is 0.162 e. The highest BCUT2D eigenvalue weighted by atomic mass is 35.5. The Kier molecular flexibility index (Phi) is 4.87. The maximum Gasteiger partial charge on any atom is 0.162 e. The number of phenols is 1. The highest BCUT2D eigenvalue weighted by Crippen LogP contribution is 2.33. The van der Waals surface area contributed by atoms with Crippen LogP contribution in [0.2, 0.25) is 5.02 Å². The SMILES string of the molecule is COc1cc(Cl)cc(CNN2CCN(C)CC2)c1O. The zero-order chi connectivity index (χ0) is 13.8. The van der Waals surface area contributed by atoms with E-state index in [1.165, 1.54) is 7.11 Å². The van der Waals surface area contributed by atoms with Gasteiger partial charge in [0.25, 0.3) is 0 Å². The summed E-state index contributed by atoms with van der Waals surface area (Å²) in [6.07, 6.45) is 0. The molecular weight excluding hydrogens is 266 g/mol. The molecule has 106 valence electrons. The van der Waals surface area contributed by atoms with Crippen LogP contribution in [0.1, 0.15) is 5.56 Å². The fourth-order valence-corrected chi connectivity index (χ4v) is 2.31. The number of likely N-dealkylation sites (N-methyl/N-ethyl adjacent to an activating group) is 1. The Morgan fingerprint density at radius 1 is 1.32 bits per heavy atom. The second-order valence-corrected chi connectivity index (χ2v) is 5.18. The summed E-state index contributed by atoms with van der Waals surface area (Å²) >= 11 is 6.00. The van der Waals surface area contributed by atoms with Crippen molar-refractivity contribution in [2.45, 2.75) is 6.54 Å². The second kappa shape index (κ2) is 6.43. The van der Waals surface area contributed by atoms with Gasteiger partial charge in [-0.25, -0.2) is 5.01 Å². The van der Waals surface area contributed by atoms with E-state index in [9.17, 15) is 5.11 Å². The van der Waals surface area contributed by atoms with Crippen LogP contribution in [0.4, 0.5) is 0 Å². The van der Waals surface area contributed by atoms with E-state index in [0.29, 0.717) is 17.3 Å². The van der Waals surface area contributed by atoms with Gasteiger partial charge in [-0.1, -0.05) is 11.6 Å². The molecule has 0 radical (unpaired) electrons. The Balaban J connectivity index is 1.97. The van der Waals surface area contributed by atoms with Crippen LogP contribution in [0.3, 0.4) is 0 Å². The molecule has 1 aromatic rings. The van der Waals surface area contributed by atoms with Gasteiger partial charge in [0.1, 0.15) is 0 Å². The van der Waals surface area contributed by atoms with E-state index >= 15 is 0 Å². The maximum atomic E-state index is 10.0. The van der Waals surface area contributed by atoms with Gasteiger partial charge in [-0.05, 0) is 13.1 Å². The lowest BCUT2D eigenvalue weighted by Crippen LogP contribution is -2.50. The lowest BCUT2D eigenvalue weighted by Gasteiger charge is -2.32. The first-order valence-corrected chi connectivity index (χ1v) is 6.70. The van der Waals surface area contributed by atoms with Crippen molar-refractivity contribution in [2.75, 3.05) is 40.3 Å². The normalized spacial score (nSPS) is 17.6. The number of hydrazine groups is 1. The van der Waals surface area contributed by atoms with Gasteiger partial charge in [-0.15, -0.1) is 0 Å². The topological polar surface area (TPSA) is 48.0 Å². The quantitative estimate of drug-likeness (QED) is 0.873. The van der Waals surface area contributed by atoms with Gasteiger partial charge < -0.3 is 14.7 Å². The zero-order valence-electron chi connectivity index (χ0n) is 11.3. The third-order valence-electron chi connectivity index (χ3n) is 3.33. The average molecular weight is 286 g/mol. The van der Waals surface area contributed by atoms with Crippen LogP contribution in [0.15, 0.2) is 12.1 Å². The number of benzene rings is 1. The molecule has 1 aromatic carbocycles. The molecule has 0 unspecified atom stereocenters. The molecule has 0 spiro atoms. The van der Waals surface area contributed by atoms with E-state index in [4.69, 9.17) is 16.3 Å². The number of phenolic OH excluding ortho intramolecular Hbond substituents is 1. The maximum absolute atomic E-state index is 10.0. The summed E-state index contributed by atoms with van der Waals surface area (Å²) in [5, 5.41) is 12.8. The number of nitrogens with zero attached hydrogens (tertiary/aromatic N) is 2. The molecular formula is C13H20ClN3O2. The van der Waals surface area contributed by atoms with Crippen molar-refractivity contribution in [3.05, 3.63) is 22.7 Å². The first-order valence-electron chi connectivity index (χ1n) is 6.32. The molecule has 0 atom stereocenters. The van der Waals surface area contributed by atoms with Gasteiger partial charge >= 0.3 is 0 Å². The Morgan fingerprint density at radius 2 is 2.00 bits per heavy atom. The van der Waals surface area contributed by atoms with Gasteiger partial charge in [0, 0.05) is 49.4 Å². The van der Waals surface area contributed by atoms with E-state index in [2.05, 4.69) is 22.4 Å². The Labute approximate surface area is 118 Å². The van der Waals surface area contributed by atoms with Crippen molar-refractivity contribution in [3.8, 4) is 11.5 Å². The second-order valence-electron chi connectivity index (χ2n) is 4.74. The third-order valence-corrected chi connectivity index (χ3v) is 3.55. The van der Waals surface area contributed by atoms with Crippen LogP contribution in [-0.4, -0.2) is 55.4 Å². The summed E-state index contributed by atoms with van der Waals surface area (Å²) in [6.45, 7) is 4.55. The molecule has 0 bridgehead atoms.